The van der Waals surface area contributed by atoms with Gasteiger partial charge in [0.25, 0.3) is 11.7 Å². The predicted molar refractivity (Wildman–Crippen MR) is 63.5 cm³/mol. The lowest BCUT2D eigenvalue weighted by Gasteiger charge is -2.15. The first-order valence-electron chi connectivity index (χ1n) is 4.87. The normalized spacial score (nSPS) is 14.5. The molecule has 0 spiro atoms. The highest BCUT2D eigenvalue weighted by molar-refractivity contribution is 6.52. The summed E-state index contributed by atoms with van der Waals surface area (Å²) < 4.78 is 0. The van der Waals surface area contributed by atoms with Crippen LogP contribution >= 0.6 is 23.2 Å². The Morgan fingerprint density at radius 2 is 2.00 bits per heavy atom. The van der Waals surface area contributed by atoms with Gasteiger partial charge in [0.05, 0.1) is 11.3 Å². The molecule has 0 saturated heterocycles. The van der Waals surface area contributed by atoms with Gasteiger partial charge in [0.2, 0.25) is 0 Å². The molecule has 1 aromatic rings. The van der Waals surface area contributed by atoms with Crippen LogP contribution in [0.1, 0.15) is 16.8 Å². The number of amides is 1. The summed E-state index contributed by atoms with van der Waals surface area (Å²) in [5.74, 6) is -0.517. The van der Waals surface area contributed by atoms with Crippen molar-refractivity contribution in [2.75, 3.05) is 17.3 Å². The van der Waals surface area contributed by atoms with Crippen LogP contribution in [0.3, 0.4) is 0 Å². The zero-order valence-electron chi connectivity index (χ0n) is 8.37. The highest BCUT2D eigenvalue weighted by Crippen LogP contribution is 2.31. The van der Waals surface area contributed by atoms with Gasteiger partial charge >= 0.3 is 0 Å². The molecular formula is C11H9Cl2NO2. The Morgan fingerprint density at radius 1 is 1.25 bits per heavy atom. The van der Waals surface area contributed by atoms with E-state index >= 15 is 0 Å². The minimum absolute atomic E-state index is 0.420. The van der Waals surface area contributed by atoms with Gasteiger partial charge in [-0.05, 0) is 24.6 Å². The second kappa shape index (κ2) is 4.44. The van der Waals surface area contributed by atoms with E-state index in [0.717, 1.165) is 0 Å². The molecule has 0 saturated carbocycles. The fourth-order valence-corrected chi connectivity index (χ4v) is 1.99. The third-order valence-electron chi connectivity index (χ3n) is 2.45. The summed E-state index contributed by atoms with van der Waals surface area (Å²) in [5.41, 5.74) is 1.01. The van der Waals surface area contributed by atoms with Crippen LogP contribution in [0.4, 0.5) is 5.69 Å². The van der Waals surface area contributed by atoms with Gasteiger partial charge in [0, 0.05) is 17.4 Å². The molecule has 1 aliphatic rings. The largest absolute Gasteiger partial charge is 0.305 e. The van der Waals surface area contributed by atoms with Crippen molar-refractivity contribution in [1.82, 2.24) is 0 Å². The van der Waals surface area contributed by atoms with E-state index in [4.69, 9.17) is 23.2 Å². The van der Waals surface area contributed by atoms with Gasteiger partial charge in [-0.25, -0.2) is 0 Å². The number of ketones is 1. The smallest absolute Gasteiger partial charge is 0.299 e. The van der Waals surface area contributed by atoms with Gasteiger partial charge < -0.3 is 4.90 Å². The zero-order valence-corrected chi connectivity index (χ0v) is 9.88. The van der Waals surface area contributed by atoms with Gasteiger partial charge in [-0.15, -0.1) is 11.6 Å². The van der Waals surface area contributed by atoms with Crippen molar-refractivity contribution in [1.29, 1.82) is 0 Å². The molecule has 5 heteroatoms. The van der Waals surface area contributed by atoms with E-state index < -0.39 is 11.7 Å². The first-order valence-corrected chi connectivity index (χ1v) is 5.78. The van der Waals surface area contributed by atoms with Crippen molar-refractivity contribution in [2.45, 2.75) is 6.42 Å². The van der Waals surface area contributed by atoms with Crippen molar-refractivity contribution in [3.63, 3.8) is 0 Å². The third-order valence-corrected chi connectivity index (χ3v) is 2.95. The van der Waals surface area contributed by atoms with E-state index in [0.29, 0.717) is 35.1 Å². The number of fused-ring (bicyclic) bond motifs is 1. The highest BCUT2D eigenvalue weighted by atomic mass is 35.5. The minimum atomic E-state index is -0.498. The van der Waals surface area contributed by atoms with Crippen LogP contribution in [0.5, 0.6) is 0 Å². The Hall–Kier alpha value is -1.06. The number of carbonyl (C=O) groups excluding carboxylic acids is 2. The molecule has 0 atom stereocenters. The average Bonchev–Trinajstić information content (AvgIpc) is 2.50. The molecule has 0 N–H and O–H groups in total. The van der Waals surface area contributed by atoms with E-state index in [2.05, 4.69) is 0 Å². The van der Waals surface area contributed by atoms with Gasteiger partial charge in [-0.1, -0.05) is 11.6 Å². The van der Waals surface area contributed by atoms with Gasteiger partial charge in [0.15, 0.2) is 0 Å². The van der Waals surface area contributed by atoms with E-state index in [1.54, 1.807) is 18.2 Å². The summed E-state index contributed by atoms with van der Waals surface area (Å²) >= 11 is 11.4. The molecule has 0 radical (unpaired) electrons. The number of rotatable bonds is 3. The molecule has 16 heavy (non-hydrogen) atoms. The maximum Gasteiger partial charge on any atom is 0.299 e. The third kappa shape index (κ3) is 1.81. The molecule has 0 fully saturated rings. The van der Waals surface area contributed by atoms with Gasteiger partial charge in [-0.2, -0.15) is 0 Å². The fourth-order valence-electron chi connectivity index (χ4n) is 1.71. The molecule has 0 aromatic heterocycles. The van der Waals surface area contributed by atoms with Crippen LogP contribution in [0, 0.1) is 0 Å². The Labute approximate surface area is 103 Å². The molecule has 1 aliphatic heterocycles. The number of hydrogen-bond acceptors (Lipinski definition) is 2. The molecule has 2 rings (SSSR count). The van der Waals surface area contributed by atoms with E-state index in [1.807, 2.05) is 0 Å². The second-order valence-electron chi connectivity index (χ2n) is 3.49. The number of nitrogens with zero attached hydrogens (tertiary/aromatic N) is 1. The summed E-state index contributed by atoms with van der Waals surface area (Å²) in [6, 6.07) is 4.82. The lowest BCUT2D eigenvalue weighted by atomic mass is 10.1. The number of Topliss-reactive ketones (excluding diaryl/α,β-unsaturated/α-hetero) is 1. The molecule has 0 aliphatic carbocycles. The predicted octanol–water partition coefficient (Wildman–Crippen LogP) is 2.50. The summed E-state index contributed by atoms with van der Waals surface area (Å²) in [4.78, 5) is 24.7. The lowest BCUT2D eigenvalue weighted by Crippen LogP contribution is -2.30. The first kappa shape index (κ1) is 11.4. The maximum atomic E-state index is 11.7. The van der Waals surface area contributed by atoms with E-state index in [9.17, 15) is 9.59 Å². The molecule has 3 nitrogen and oxygen atoms in total. The Bertz CT molecular complexity index is 459. The number of halogens is 2. The van der Waals surface area contributed by atoms with E-state index in [1.165, 1.54) is 4.90 Å². The Morgan fingerprint density at radius 3 is 2.69 bits per heavy atom. The number of anilines is 1. The lowest BCUT2D eigenvalue weighted by molar-refractivity contribution is -0.114. The van der Waals surface area contributed by atoms with Gasteiger partial charge in [0.1, 0.15) is 0 Å². The van der Waals surface area contributed by atoms with Crippen LogP contribution in [-0.2, 0) is 4.79 Å². The summed E-state index contributed by atoms with van der Waals surface area (Å²) in [6.45, 7) is 0.446. The van der Waals surface area contributed by atoms with Crippen molar-refractivity contribution in [3.05, 3.63) is 28.8 Å². The summed E-state index contributed by atoms with van der Waals surface area (Å²) in [5, 5.41) is 0.511. The molecule has 0 unspecified atom stereocenters. The number of alkyl halides is 1. The SMILES string of the molecule is O=C1C(=O)N(CCCCl)c2cc(Cl)ccc21. The fraction of sp³-hybridized carbons (Fsp3) is 0.273. The van der Waals surface area contributed by atoms with Gasteiger partial charge in [-0.3, -0.25) is 9.59 Å². The van der Waals surface area contributed by atoms with Crippen LogP contribution in [-0.4, -0.2) is 24.1 Å². The van der Waals surface area contributed by atoms with Crippen molar-refractivity contribution in [3.8, 4) is 0 Å². The topological polar surface area (TPSA) is 37.4 Å². The van der Waals surface area contributed by atoms with Crippen LogP contribution in [0.25, 0.3) is 0 Å². The summed E-state index contributed by atoms with van der Waals surface area (Å²) in [6.07, 6.45) is 0.645. The van der Waals surface area contributed by atoms with Crippen molar-refractivity contribution < 1.29 is 9.59 Å². The molecule has 0 bridgehead atoms. The number of benzene rings is 1. The molecule has 84 valence electrons. The highest BCUT2D eigenvalue weighted by Gasteiger charge is 2.35. The van der Waals surface area contributed by atoms with Crippen LogP contribution in [0.2, 0.25) is 5.02 Å². The Kier molecular flexibility index (Phi) is 3.17. The Balaban J connectivity index is 2.39. The van der Waals surface area contributed by atoms with Crippen LogP contribution in [0.15, 0.2) is 18.2 Å². The van der Waals surface area contributed by atoms with Crippen molar-refractivity contribution >= 4 is 40.6 Å². The number of hydrogen-bond donors (Lipinski definition) is 0. The average molecular weight is 258 g/mol. The van der Waals surface area contributed by atoms with E-state index in [-0.39, 0.29) is 0 Å². The summed E-state index contributed by atoms with van der Waals surface area (Å²) in [7, 11) is 0. The molecular weight excluding hydrogens is 249 g/mol. The zero-order chi connectivity index (χ0) is 11.7. The first-order chi connectivity index (χ1) is 7.65. The second-order valence-corrected chi connectivity index (χ2v) is 4.30. The maximum absolute atomic E-state index is 11.7. The molecule has 1 amide bonds. The number of carbonyl (C=O) groups is 2. The van der Waals surface area contributed by atoms with Crippen molar-refractivity contribution in [2.24, 2.45) is 0 Å². The molecule has 1 heterocycles. The quantitative estimate of drug-likeness (QED) is 0.617. The van der Waals surface area contributed by atoms with Crippen LogP contribution < -0.4 is 4.90 Å². The minimum Gasteiger partial charge on any atom is -0.305 e. The molecule has 1 aromatic carbocycles. The standard InChI is InChI=1S/C11H9Cl2NO2/c12-4-1-5-14-9-6-7(13)2-3-8(9)10(15)11(14)16/h2-3,6H,1,4-5H2. The monoisotopic (exact) mass is 257 g/mol.